The lowest BCUT2D eigenvalue weighted by Gasteiger charge is -2.20. The summed E-state index contributed by atoms with van der Waals surface area (Å²) in [6, 6.07) is 1.60. The zero-order valence-corrected chi connectivity index (χ0v) is 12.9. The van der Waals surface area contributed by atoms with E-state index in [1.807, 2.05) is 6.20 Å². The Morgan fingerprint density at radius 3 is 2.95 bits per heavy atom. The molecule has 0 saturated carbocycles. The largest absolute Gasteiger partial charge is 0.317 e. The van der Waals surface area contributed by atoms with Crippen molar-refractivity contribution in [3.8, 4) is 0 Å². The van der Waals surface area contributed by atoms with E-state index in [4.69, 9.17) is 11.6 Å². The third-order valence-electron chi connectivity index (χ3n) is 3.50. The molecule has 1 fully saturated rings. The average molecular weight is 323 g/mol. The minimum atomic E-state index is -0.256. The number of carbonyl (C=O) groups is 1. The zero-order valence-electron chi connectivity index (χ0n) is 11.3. The van der Waals surface area contributed by atoms with Gasteiger partial charge in [0.1, 0.15) is 0 Å². The highest BCUT2D eigenvalue weighted by Crippen LogP contribution is 2.31. The summed E-state index contributed by atoms with van der Waals surface area (Å²) in [7, 11) is 0. The van der Waals surface area contributed by atoms with Crippen LogP contribution in [0.5, 0.6) is 0 Å². The lowest BCUT2D eigenvalue weighted by molar-refractivity contribution is 0.102. The van der Waals surface area contributed by atoms with Crippen LogP contribution in [-0.4, -0.2) is 29.0 Å². The summed E-state index contributed by atoms with van der Waals surface area (Å²) in [5, 5.41) is 7.09. The highest BCUT2D eigenvalue weighted by molar-refractivity contribution is 7.15. The SMILES string of the molecule is O=C(Nc1ncc(C2CCNCC2)s1)c1ccncc1Cl. The van der Waals surface area contributed by atoms with Gasteiger partial charge in [-0.3, -0.25) is 15.1 Å². The van der Waals surface area contributed by atoms with Crippen LogP contribution in [0.4, 0.5) is 5.13 Å². The van der Waals surface area contributed by atoms with Gasteiger partial charge in [0.25, 0.3) is 5.91 Å². The van der Waals surface area contributed by atoms with E-state index in [1.54, 1.807) is 12.3 Å². The first-order valence-electron chi connectivity index (χ1n) is 6.81. The molecule has 0 bridgehead atoms. The second kappa shape index (κ2) is 6.51. The van der Waals surface area contributed by atoms with Crippen LogP contribution in [0, 0.1) is 0 Å². The number of thiazole rings is 1. The molecule has 1 saturated heterocycles. The Bertz CT molecular complexity index is 639. The molecular formula is C14H15ClN4OS. The quantitative estimate of drug-likeness (QED) is 0.911. The van der Waals surface area contributed by atoms with Gasteiger partial charge < -0.3 is 5.32 Å². The predicted molar refractivity (Wildman–Crippen MR) is 84.2 cm³/mol. The van der Waals surface area contributed by atoms with Crippen molar-refractivity contribution in [2.24, 2.45) is 0 Å². The van der Waals surface area contributed by atoms with Crippen LogP contribution in [0.25, 0.3) is 0 Å². The van der Waals surface area contributed by atoms with E-state index in [9.17, 15) is 4.79 Å². The van der Waals surface area contributed by atoms with Gasteiger partial charge in [0.2, 0.25) is 0 Å². The van der Waals surface area contributed by atoms with Gasteiger partial charge in [0.15, 0.2) is 5.13 Å². The molecular weight excluding hydrogens is 308 g/mol. The first-order valence-corrected chi connectivity index (χ1v) is 8.01. The molecule has 2 N–H and O–H groups in total. The van der Waals surface area contributed by atoms with Crippen molar-refractivity contribution >= 4 is 34.0 Å². The van der Waals surface area contributed by atoms with Crippen molar-refractivity contribution in [2.45, 2.75) is 18.8 Å². The molecule has 2 aromatic heterocycles. The van der Waals surface area contributed by atoms with Gasteiger partial charge in [-0.2, -0.15) is 0 Å². The number of nitrogens with one attached hydrogen (secondary N) is 2. The summed E-state index contributed by atoms with van der Waals surface area (Å²) in [6.07, 6.45) is 7.10. The van der Waals surface area contributed by atoms with Gasteiger partial charge in [0, 0.05) is 23.5 Å². The molecule has 0 aliphatic carbocycles. The standard InChI is InChI=1S/C14H15ClN4OS/c15-11-7-17-6-3-10(11)13(20)19-14-18-8-12(21-14)9-1-4-16-5-2-9/h3,6-9,16H,1-2,4-5H2,(H,18,19,20). The monoisotopic (exact) mass is 322 g/mol. The van der Waals surface area contributed by atoms with Crippen molar-refractivity contribution in [3.63, 3.8) is 0 Å². The van der Waals surface area contributed by atoms with Crippen molar-refractivity contribution < 1.29 is 4.79 Å². The highest BCUT2D eigenvalue weighted by Gasteiger charge is 2.19. The highest BCUT2D eigenvalue weighted by atomic mass is 35.5. The maximum Gasteiger partial charge on any atom is 0.259 e. The van der Waals surface area contributed by atoms with Gasteiger partial charge >= 0.3 is 0 Å². The number of anilines is 1. The Morgan fingerprint density at radius 2 is 2.19 bits per heavy atom. The summed E-state index contributed by atoms with van der Waals surface area (Å²) in [6.45, 7) is 2.08. The Hall–Kier alpha value is -1.50. The minimum Gasteiger partial charge on any atom is -0.317 e. The fraction of sp³-hybridized carbons (Fsp3) is 0.357. The first kappa shape index (κ1) is 14.4. The molecule has 7 heteroatoms. The number of pyridine rings is 1. The summed E-state index contributed by atoms with van der Waals surface area (Å²) in [4.78, 5) is 21.5. The lowest BCUT2D eigenvalue weighted by Crippen LogP contribution is -2.26. The van der Waals surface area contributed by atoms with Gasteiger partial charge in [-0.05, 0) is 37.9 Å². The topological polar surface area (TPSA) is 66.9 Å². The summed E-state index contributed by atoms with van der Waals surface area (Å²) >= 11 is 7.50. The number of rotatable bonds is 3. The van der Waals surface area contributed by atoms with E-state index >= 15 is 0 Å². The molecule has 21 heavy (non-hydrogen) atoms. The first-order chi connectivity index (χ1) is 10.2. The van der Waals surface area contributed by atoms with Gasteiger partial charge in [0.05, 0.1) is 10.6 Å². The van der Waals surface area contributed by atoms with Crippen LogP contribution in [0.3, 0.4) is 0 Å². The summed E-state index contributed by atoms with van der Waals surface area (Å²) in [5.74, 6) is 0.285. The third-order valence-corrected chi connectivity index (χ3v) is 4.88. The molecule has 0 radical (unpaired) electrons. The second-order valence-electron chi connectivity index (χ2n) is 4.90. The number of piperidine rings is 1. The van der Waals surface area contributed by atoms with Crippen LogP contribution in [0.2, 0.25) is 5.02 Å². The molecule has 3 rings (SSSR count). The number of nitrogens with zero attached hydrogens (tertiary/aromatic N) is 2. The van der Waals surface area contributed by atoms with Crippen molar-refractivity contribution in [2.75, 3.05) is 18.4 Å². The molecule has 2 aromatic rings. The summed E-state index contributed by atoms with van der Waals surface area (Å²) in [5.41, 5.74) is 0.408. The molecule has 1 aliphatic rings. The van der Waals surface area contributed by atoms with Crippen LogP contribution in [0.15, 0.2) is 24.7 Å². The van der Waals surface area contributed by atoms with E-state index in [1.165, 1.54) is 22.4 Å². The van der Waals surface area contributed by atoms with Crippen LogP contribution >= 0.6 is 22.9 Å². The molecule has 110 valence electrons. The smallest absolute Gasteiger partial charge is 0.259 e. The molecule has 0 unspecified atom stereocenters. The van der Waals surface area contributed by atoms with Gasteiger partial charge in [-0.1, -0.05) is 11.6 Å². The second-order valence-corrected chi connectivity index (χ2v) is 6.37. The van der Waals surface area contributed by atoms with Crippen molar-refractivity contribution in [1.82, 2.24) is 15.3 Å². The van der Waals surface area contributed by atoms with E-state index in [0.717, 1.165) is 25.9 Å². The number of hydrogen-bond acceptors (Lipinski definition) is 5. The van der Waals surface area contributed by atoms with E-state index in [-0.39, 0.29) is 5.91 Å². The maximum atomic E-state index is 12.2. The number of aromatic nitrogens is 2. The number of amides is 1. The summed E-state index contributed by atoms with van der Waals surface area (Å²) < 4.78 is 0. The molecule has 0 aromatic carbocycles. The molecule has 5 nitrogen and oxygen atoms in total. The van der Waals surface area contributed by atoms with Crippen LogP contribution < -0.4 is 10.6 Å². The molecule has 0 atom stereocenters. The third kappa shape index (κ3) is 3.40. The van der Waals surface area contributed by atoms with Gasteiger partial charge in [-0.25, -0.2) is 4.98 Å². The Labute approximate surface area is 131 Å². The van der Waals surface area contributed by atoms with Crippen LogP contribution in [0.1, 0.15) is 34.0 Å². The van der Waals surface area contributed by atoms with Crippen molar-refractivity contribution in [3.05, 3.63) is 40.1 Å². The van der Waals surface area contributed by atoms with E-state index in [0.29, 0.717) is 21.6 Å². The Morgan fingerprint density at radius 1 is 1.38 bits per heavy atom. The minimum absolute atomic E-state index is 0.256. The molecule has 3 heterocycles. The average Bonchev–Trinajstić information content (AvgIpc) is 2.97. The Kier molecular flexibility index (Phi) is 4.48. The normalized spacial score (nSPS) is 15.9. The number of hydrogen-bond donors (Lipinski definition) is 2. The fourth-order valence-corrected chi connectivity index (χ4v) is 3.55. The molecule has 0 spiro atoms. The molecule has 1 aliphatic heterocycles. The predicted octanol–water partition coefficient (Wildman–Crippen LogP) is 2.91. The molecule has 1 amide bonds. The fourth-order valence-electron chi connectivity index (χ4n) is 2.36. The van der Waals surface area contributed by atoms with Crippen LogP contribution in [-0.2, 0) is 0 Å². The lowest BCUT2D eigenvalue weighted by atomic mass is 9.97. The maximum absolute atomic E-state index is 12.2. The van der Waals surface area contributed by atoms with Gasteiger partial charge in [-0.15, -0.1) is 11.3 Å². The van der Waals surface area contributed by atoms with E-state index < -0.39 is 0 Å². The Balaban J connectivity index is 1.69. The zero-order chi connectivity index (χ0) is 14.7. The number of carbonyl (C=O) groups excluding carboxylic acids is 1. The number of halogens is 1. The van der Waals surface area contributed by atoms with Crippen molar-refractivity contribution in [1.29, 1.82) is 0 Å². The van der Waals surface area contributed by atoms with E-state index in [2.05, 4.69) is 20.6 Å².